The molecule has 8 nitrogen and oxygen atoms in total. The minimum Gasteiger partial charge on any atom is -0.368 e. The fourth-order valence-corrected chi connectivity index (χ4v) is 5.14. The zero-order valence-corrected chi connectivity index (χ0v) is 22.2. The molecule has 39 heavy (non-hydrogen) atoms. The predicted octanol–water partition coefficient (Wildman–Crippen LogP) is 4.47. The third-order valence-electron chi connectivity index (χ3n) is 7.33. The van der Waals surface area contributed by atoms with E-state index in [2.05, 4.69) is 33.0 Å². The molecule has 1 saturated heterocycles. The van der Waals surface area contributed by atoms with Crippen LogP contribution in [0.25, 0.3) is 0 Å². The molecular weight excluding hydrogens is 490 g/mol. The van der Waals surface area contributed by atoms with E-state index < -0.39 is 0 Å². The van der Waals surface area contributed by atoms with Gasteiger partial charge in [-0.1, -0.05) is 48.5 Å². The molecule has 1 saturated carbocycles. The Hall–Kier alpha value is -4.33. The molecule has 0 spiro atoms. The average molecular weight is 526 g/mol. The Kier molecular flexibility index (Phi) is 8.10. The number of carbonyl (C=O) groups excluding carboxylic acids is 3. The van der Waals surface area contributed by atoms with Crippen LogP contribution in [0.3, 0.4) is 0 Å². The summed E-state index contributed by atoms with van der Waals surface area (Å²) < 4.78 is 0. The number of urea groups is 1. The minimum atomic E-state index is -0.237. The first kappa shape index (κ1) is 26.3. The van der Waals surface area contributed by atoms with E-state index in [4.69, 9.17) is 0 Å². The standard InChI is InChI=1S/C31H35N5O3/c1-2-32-31(39)36-17-9-16-35(18-19-36)28-15-14-24(20-27(28)34-29(37)23-12-7-4-8-13-23)30(38)33-26-21-25(26)22-10-5-3-6-11-22/h3-8,10-15,20,25-26H,2,9,16-19,21H2,1H3,(H,32,39)(H,33,38)(H,34,37). The molecule has 1 heterocycles. The summed E-state index contributed by atoms with van der Waals surface area (Å²) in [5.74, 6) is -0.0605. The van der Waals surface area contributed by atoms with Crippen LogP contribution in [0.4, 0.5) is 16.2 Å². The fourth-order valence-electron chi connectivity index (χ4n) is 5.14. The second-order valence-corrected chi connectivity index (χ2v) is 10.0. The molecule has 2 fully saturated rings. The number of anilines is 2. The van der Waals surface area contributed by atoms with Crippen molar-refractivity contribution in [1.29, 1.82) is 0 Å². The quantitative estimate of drug-likeness (QED) is 0.424. The van der Waals surface area contributed by atoms with Gasteiger partial charge in [0.15, 0.2) is 0 Å². The molecule has 3 aromatic carbocycles. The first-order chi connectivity index (χ1) is 19.0. The Morgan fingerprint density at radius 2 is 1.56 bits per heavy atom. The maximum atomic E-state index is 13.2. The molecule has 1 aliphatic heterocycles. The molecule has 1 aliphatic carbocycles. The Balaban J connectivity index is 1.35. The molecule has 2 atom stereocenters. The first-order valence-corrected chi connectivity index (χ1v) is 13.7. The lowest BCUT2D eigenvalue weighted by atomic mass is 10.1. The van der Waals surface area contributed by atoms with E-state index >= 15 is 0 Å². The summed E-state index contributed by atoms with van der Waals surface area (Å²) >= 11 is 0. The van der Waals surface area contributed by atoms with E-state index in [0.717, 1.165) is 25.1 Å². The highest BCUT2D eigenvalue weighted by molar-refractivity contribution is 6.07. The van der Waals surface area contributed by atoms with Crippen molar-refractivity contribution in [2.75, 3.05) is 42.9 Å². The zero-order valence-electron chi connectivity index (χ0n) is 22.2. The van der Waals surface area contributed by atoms with Gasteiger partial charge in [-0.15, -0.1) is 0 Å². The lowest BCUT2D eigenvalue weighted by Crippen LogP contribution is -2.42. The number of rotatable bonds is 7. The van der Waals surface area contributed by atoms with Crippen LogP contribution in [-0.2, 0) is 0 Å². The van der Waals surface area contributed by atoms with Gasteiger partial charge >= 0.3 is 6.03 Å². The Morgan fingerprint density at radius 1 is 0.821 bits per heavy atom. The van der Waals surface area contributed by atoms with Gasteiger partial charge in [-0.2, -0.15) is 0 Å². The van der Waals surface area contributed by atoms with Crippen molar-refractivity contribution in [3.05, 3.63) is 95.6 Å². The van der Waals surface area contributed by atoms with Crippen LogP contribution in [0.1, 0.15) is 52.0 Å². The molecular formula is C31H35N5O3. The maximum Gasteiger partial charge on any atom is 0.317 e. The fraction of sp³-hybridized carbons (Fsp3) is 0.323. The second kappa shape index (κ2) is 12.0. The van der Waals surface area contributed by atoms with Crippen LogP contribution in [-0.4, -0.2) is 61.5 Å². The van der Waals surface area contributed by atoms with Crippen molar-refractivity contribution < 1.29 is 14.4 Å². The molecule has 3 N–H and O–H groups in total. The van der Waals surface area contributed by atoms with Crippen LogP contribution in [0.15, 0.2) is 78.9 Å². The van der Waals surface area contributed by atoms with Gasteiger partial charge in [0.05, 0.1) is 11.4 Å². The summed E-state index contributed by atoms with van der Waals surface area (Å²) in [6.07, 6.45) is 1.72. The number of benzene rings is 3. The number of hydrogen-bond donors (Lipinski definition) is 3. The second-order valence-electron chi connectivity index (χ2n) is 10.0. The van der Waals surface area contributed by atoms with E-state index in [1.165, 1.54) is 5.56 Å². The molecule has 0 aromatic heterocycles. The zero-order chi connectivity index (χ0) is 27.2. The van der Waals surface area contributed by atoms with E-state index in [1.807, 2.05) is 60.4 Å². The van der Waals surface area contributed by atoms with Crippen molar-refractivity contribution in [2.24, 2.45) is 0 Å². The highest BCUT2D eigenvalue weighted by Crippen LogP contribution is 2.41. The lowest BCUT2D eigenvalue weighted by Gasteiger charge is -2.26. The largest absolute Gasteiger partial charge is 0.368 e. The molecule has 2 aliphatic rings. The van der Waals surface area contributed by atoms with E-state index in [0.29, 0.717) is 48.9 Å². The summed E-state index contributed by atoms with van der Waals surface area (Å²) in [4.78, 5) is 42.7. The smallest absolute Gasteiger partial charge is 0.317 e. The SMILES string of the molecule is CCNC(=O)N1CCCN(c2ccc(C(=O)NC3CC3c3ccccc3)cc2NC(=O)c2ccccc2)CC1. The normalized spacial score (nSPS) is 18.6. The van der Waals surface area contributed by atoms with Crippen molar-refractivity contribution in [1.82, 2.24) is 15.5 Å². The maximum absolute atomic E-state index is 13.2. The molecule has 5 rings (SSSR count). The van der Waals surface area contributed by atoms with Crippen LogP contribution in [0.2, 0.25) is 0 Å². The predicted molar refractivity (Wildman–Crippen MR) is 153 cm³/mol. The summed E-state index contributed by atoms with van der Waals surface area (Å²) in [5, 5.41) is 9.07. The third-order valence-corrected chi connectivity index (χ3v) is 7.33. The van der Waals surface area contributed by atoms with Crippen LogP contribution in [0, 0.1) is 0 Å². The number of carbonyl (C=O) groups is 3. The summed E-state index contributed by atoms with van der Waals surface area (Å²) in [6.45, 7) is 5.09. The van der Waals surface area contributed by atoms with E-state index in [1.54, 1.807) is 18.2 Å². The average Bonchev–Trinajstić information content (AvgIpc) is 3.77. The number of nitrogens with one attached hydrogen (secondary N) is 3. The highest BCUT2D eigenvalue weighted by atomic mass is 16.2. The first-order valence-electron chi connectivity index (χ1n) is 13.7. The van der Waals surface area contributed by atoms with Crippen LogP contribution < -0.4 is 20.9 Å². The molecule has 0 radical (unpaired) electrons. The Bertz CT molecular complexity index is 1310. The minimum absolute atomic E-state index is 0.0575. The van der Waals surface area contributed by atoms with Gasteiger partial charge in [0.1, 0.15) is 0 Å². The van der Waals surface area contributed by atoms with Gasteiger partial charge in [0, 0.05) is 55.8 Å². The van der Waals surface area contributed by atoms with Gasteiger partial charge in [0.2, 0.25) is 0 Å². The molecule has 3 aromatic rings. The molecule has 0 bridgehead atoms. The Morgan fingerprint density at radius 3 is 2.31 bits per heavy atom. The van der Waals surface area contributed by atoms with E-state index in [-0.39, 0.29) is 23.9 Å². The highest BCUT2D eigenvalue weighted by Gasteiger charge is 2.39. The molecule has 4 amide bonds. The molecule has 8 heteroatoms. The van der Waals surface area contributed by atoms with Gasteiger partial charge in [0.25, 0.3) is 11.8 Å². The summed E-state index contributed by atoms with van der Waals surface area (Å²) in [5.41, 5.74) is 3.69. The van der Waals surface area contributed by atoms with Crippen LogP contribution in [0.5, 0.6) is 0 Å². The topological polar surface area (TPSA) is 93.8 Å². The number of amides is 4. The van der Waals surface area contributed by atoms with Gasteiger partial charge in [-0.05, 0) is 55.7 Å². The van der Waals surface area contributed by atoms with Crippen molar-refractivity contribution in [3.63, 3.8) is 0 Å². The molecule has 2 unspecified atom stereocenters. The summed E-state index contributed by atoms with van der Waals surface area (Å²) in [6, 6.07) is 24.8. The van der Waals surface area contributed by atoms with Crippen molar-refractivity contribution >= 4 is 29.2 Å². The third kappa shape index (κ3) is 6.39. The van der Waals surface area contributed by atoms with E-state index in [9.17, 15) is 14.4 Å². The van der Waals surface area contributed by atoms with Crippen LogP contribution >= 0.6 is 0 Å². The van der Waals surface area contributed by atoms with Crippen molar-refractivity contribution in [3.8, 4) is 0 Å². The Labute approximate surface area is 229 Å². The lowest BCUT2D eigenvalue weighted by molar-refractivity contribution is 0.0949. The van der Waals surface area contributed by atoms with Gasteiger partial charge < -0.3 is 25.8 Å². The molecule has 202 valence electrons. The van der Waals surface area contributed by atoms with Gasteiger partial charge in [-0.25, -0.2) is 4.79 Å². The van der Waals surface area contributed by atoms with Gasteiger partial charge in [-0.3, -0.25) is 9.59 Å². The van der Waals surface area contributed by atoms with Crippen molar-refractivity contribution in [2.45, 2.75) is 31.7 Å². The number of nitrogens with zero attached hydrogens (tertiary/aromatic N) is 2. The summed E-state index contributed by atoms with van der Waals surface area (Å²) in [7, 11) is 0. The monoisotopic (exact) mass is 525 g/mol. The number of hydrogen-bond acceptors (Lipinski definition) is 4.